The molecule has 7 nitrogen and oxygen atoms in total. The van der Waals surface area contributed by atoms with Crippen molar-refractivity contribution in [3.05, 3.63) is 69.7 Å². The highest BCUT2D eigenvalue weighted by Gasteiger charge is 2.15. The average molecular weight is 425 g/mol. The third kappa shape index (κ3) is 5.64. The highest BCUT2D eigenvalue weighted by Crippen LogP contribution is 2.20. The van der Waals surface area contributed by atoms with Gasteiger partial charge in [-0.25, -0.2) is 0 Å². The molecule has 3 rings (SSSR count). The van der Waals surface area contributed by atoms with Crippen LogP contribution in [0.25, 0.3) is 0 Å². The lowest BCUT2D eigenvalue weighted by Gasteiger charge is -2.12. The van der Waals surface area contributed by atoms with Gasteiger partial charge >= 0.3 is 0 Å². The highest BCUT2D eigenvalue weighted by atomic mass is 32.1. The van der Waals surface area contributed by atoms with Gasteiger partial charge in [0.1, 0.15) is 12.4 Å². The monoisotopic (exact) mass is 424 g/mol. The summed E-state index contributed by atoms with van der Waals surface area (Å²) in [6.07, 6.45) is 0.842. The molecule has 3 aromatic rings. The fourth-order valence-corrected chi connectivity index (χ4v) is 3.24. The van der Waals surface area contributed by atoms with E-state index >= 15 is 0 Å². The number of nitrogens with one attached hydrogen (secondary N) is 2. The number of aryl methyl sites for hydroxylation is 1. The molecule has 0 bridgehead atoms. The van der Waals surface area contributed by atoms with Crippen LogP contribution in [0.2, 0.25) is 0 Å². The lowest BCUT2D eigenvalue weighted by molar-refractivity contribution is 0.0938. The molecule has 0 spiro atoms. The first-order chi connectivity index (χ1) is 14.5. The Morgan fingerprint density at radius 2 is 1.90 bits per heavy atom. The van der Waals surface area contributed by atoms with Crippen LogP contribution >= 0.6 is 11.3 Å². The summed E-state index contributed by atoms with van der Waals surface area (Å²) >= 11 is 1.17. The Morgan fingerprint density at radius 3 is 2.67 bits per heavy atom. The van der Waals surface area contributed by atoms with Gasteiger partial charge in [0, 0.05) is 17.3 Å². The molecule has 0 aliphatic heterocycles. The van der Waals surface area contributed by atoms with Crippen molar-refractivity contribution < 1.29 is 14.3 Å². The molecule has 1 aromatic heterocycles. The number of carbonyl (C=O) groups excluding carboxylic acids is 2. The van der Waals surface area contributed by atoms with E-state index in [1.54, 1.807) is 24.3 Å². The average Bonchev–Trinajstić information content (AvgIpc) is 3.22. The number of aromatic nitrogens is 2. The maximum atomic E-state index is 12.5. The molecule has 30 heavy (non-hydrogen) atoms. The summed E-state index contributed by atoms with van der Waals surface area (Å²) < 4.78 is 5.75. The number of para-hydroxylation sites is 1. The van der Waals surface area contributed by atoms with Crippen LogP contribution < -0.4 is 15.4 Å². The molecule has 8 heteroatoms. The number of hydrogen-bond donors (Lipinski definition) is 2. The first-order valence-electron chi connectivity index (χ1n) is 9.69. The lowest BCUT2D eigenvalue weighted by Crippen LogP contribution is -2.31. The molecule has 1 atom stereocenters. The van der Waals surface area contributed by atoms with Crippen molar-refractivity contribution in [1.29, 1.82) is 0 Å². The predicted molar refractivity (Wildman–Crippen MR) is 117 cm³/mol. The number of anilines is 1. The van der Waals surface area contributed by atoms with Crippen LogP contribution in [-0.2, 0) is 6.61 Å². The van der Waals surface area contributed by atoms with Crippen molar-refractivity contribution in [2.45, 2.75) is 39.8 Å². The normalized spacial score (nSPS) is 11.6. The van der Waals surface area contributed by atoms with Crippen molar-refractivity contribution >= 4 is 28.8 Å². The molecule has 2 aromatic carbocycles. The molecular formula is C22H24N4O3S. The maximum Gasteiger partial charge on any atom is 0.286 e. The third-order valence-electron chi connectivity index (χ3n) is 4.48. The molecular weight excluding hydrogens is 400 g/mol. The van der Waals surface area contributed by atoms with E-state index in [9.17, 15) is 9.59 Å². The summed E-state index contributed by atoms with van der Waals surface area (Å²) in [6, 6.07) is 14.6. The Labute approximate surface area is 179 Å². The fourth-order valence-electron chi connectivity index (χ4n) is 2.59. The van der Waals surface area contributed by atoms with Gasteiger partial charge < -0.3 is 15.4 Å². The second-order valence-corrected chi connectivity index (χ2v) is 7.93. The molecule has 0 saturated heterocycles. The van der Waals surface area contributed by atoms with E-state index in [1.807, 2.05) is 45.0 Å². The number of rotatable bonds is 8. The van der Waals surface area contributed by atoms with Crippen LogP contribution in [0.1, 0.15) is 51.0 Å². The molecule has 1 heterocycles. The second-order valence-electron chi connectivity index (χ2n) is 6.87. The number of benzene rings is 2. The summed E-state index contributed by atoms with van der Waals surface area (Å²) in [4.78, 5) is 24.8. The van der Waals surface area contributed by atoms with Gasteiger partial charge in [0.15, 0.2) is 5.01 Å². The largest absolute Gasteiger partial charge is 0.486 e. The van der Waals surface area contributed by atoms with E-state index in [1.165, 1.54) is 11.3 Å². The summed E-state index contributed by atoms with van der Waals surface area (Å²) in [5, 5.41) is 14.5. The van der Waals surface area contributed by atoms with Crippen LogP contribution in [0.5, 0.6) is 5.75 Å². The SMILES string of the molecule is CC[C@H](C)NC(=O)c1cccc(NC(=O)c2nnc(COc3ccccc3C)s2)c1. The number of carbonyl (C=O) groups is 2. The van der Waals surface area contributed by atoms with Gasteiger partial charge in [-0.3, -0.25) is 9.59 Å². The van der Waals surface area contributed by atoms with Gasteiger partial charge in [-0.15, -0.1) is 10.2 Å². The summed E-state index contributed by atoms with van der Waals surface area (Å²) in [5.74, 6) is 0.215. The molecule has 0 fully saturated rings. The number of hydrogen-bond acceptors (Lipinski definition) is 6. The van der Waals surface area contributed by atoms with E-state index in [0.717, 1.165) is 17.7 Å². The third-order valence-corrected chi connectivity index (χ3v) is 5.37. The standard InChI is InChI=1S/C22H24N4O3S/c1-4-15(3)23-20(27)16-9-7-10-17(12-16)24-21(28)22-26-25-19(30-22)13-29-18-11-6-5-8-14(18)2/h5-12,15H,4,13H2,1-3H3,(H,23,27)(H,24,28)/t15-/m0/s1. The van der Waals surface area contributed by atoms with Crippen molar-refractivity contribution in [1.82, 2.24) is 15.5 Å². The Kier molecular flexibility index (Phi) is 7.13. The van der Waals surface area contributed by atoms with Crippen molar-refractivity contribution in [2.75, 3.05) is 5.32 Å². The molecule has 0 radical (unpaired) electrons. The van der Waals surface area contributed by atoms with Crippen molar-refractivity contribution in [2.24, 2.45) is 0 Å². The second kappa shape index (κ2) is 9.98. The zero-order valence-electron chi connectivity index (χ0n) is 17.1. The zero-order chi connectivity index (χ0) is 21.5. The molecule has 0 saturated carbocycles. The Hall–Kier alpha value is -3.26. The summed E-state index contributed by atoms with van der Waals surface area (Å²) in [6.45, 7) is 6.15. The smallest absolute Gasteiger partial charge is 0.286 e. The topological polar surface area (TPSA) is 93.2 Å². The Balaban J connectivity index is 1.61. The van der Waals surface area contributed by atoms with E-state index < -0.39 is 0 Å². The molecule has 2 amide bonds. The highest BCUT2D eigenvalue weighted by molar-refractivity contribution is 7.13. The van der Waals surface area contributed by atoms with E-state index in [-0.39, 0.29) is 29.5 Å². The number of amides is 2. The fraction of sp³-hybridized carbons (Fsp3) is 0.273. The zero-order valence-corrected chi connectivity index (χ0v) is 18.0. The molecule has 0 aliphatic rings. The van der Waals surface area contributed by atoms with Crippen LogP contribution in [-0.4, -0.2) is 28.1 Å². The van der Waals surface area contributed by atoms with Crippen molar-refractivity contribution in [3.8, 4) is 5.75 Å². The minimum Gasteiger partial charge on any atom is -0.486 e. The Morgan fingerprint density at radius 1 is 1.10 bits per heavy atom. The van der Waals surface area contributed by atoms with Crippen molar-refractivity contribution in [3.63, 3.8) is 0 Å². The number of ether oxygens (including phenoxy) is 1. The van der Waals surface area contributed by atoms with Gasteiger partial charge in [0.25, 0.3) is 11.8 Å². The molecule has 156 valence electrons. The first-order valence-corrected chi connectivity index (χ1v) is 10.5. The minimum absolute atomic E-state index is 0.0810. The maximum absolute atomic E-state index is 12.5. The number of nitrogens with zero attached hydrogens (tertiary/aromatic N) is 2. The van der Waals surface area contributed by atoms with Crippen LogP contribution in [0, 0.1) is 6.92 Å². The summed E-state index contributed by atoms with van der Waals surface area (Å²) in [5.41, 5.74) is 2.03. The van der Waals surface area contributed by atoms with Gasteiger partial charge in [-0.05, 0) is 50.1 Å². The van der Waals surface area contributed by atoms with Gasteiger partial charge in [0.05, 0.1) is 0 Å². The molecule has 2 N–H and O–H groups in total. The van der Waals surface area contributed by atoms with Crippen LogP contribution in [0.15, 0.2) is 48.5 Å². The predicted octanol–water partition coefficient (Wildman–Crippen LogP) is 4.21. The van der Waals surface area contributed by atoms with Crippen LogP contribution in [0.3, 0.4) is 0 Å². The molecule has 0 aliphatic carbocycles. The lowest BCUT2D eigenvalue weighted by atomic mass is 10.1. The molecule has 0 unspecified atom stereocenters. The van der Waals surface area contributed by atoms with E-state index in [2.05, 4.69) is 20.8 Å². The van der Waals surface area contributed by atoms with Gasteiger partial charge in [-0.1, -0.05) is 42.5 Å². The quantitative estimate of drug-likeness (QED) is 0.565. The van der Waals surface area contributed by atoms with Crippen LogP contribution in [0.4, 0.5) is 5.69 Å². The van der Waals surface area contributed by atoms with E-state index in [4.69, 9.17) is 4.74 Å². The van der Waals surface area contributed by atoms with E-state index in [0.29, 0.717) is 16.3 Å². The van der Waals surface area contributed by atoms with Gasteiger partial charge in [0.2, 0.25) is 5.01 Å². The Bertz CT molecular complexity index is 1030. The minimum atomic E-state index is -0.380. The summed E-state index contributed by atoms with van der Waals surface area (Å²) in [7, 11) is 0. The first kappa shape index (κ1) is 21.4. The van der Waals surface area contributed by atoms with Gasteiger partial charge in [-0.2, -0.15) is 0 Å².